The van der Waals surface area contributed by atoms with Gasteiger partial charge in [-0.15, -0.1) is 0 Å². The van der Waals surface area contributed by atoms with Gasteiger partial charge in [0.15, 0.2) is 11.5 Å². The molecule has 2 N–H and O–H groups in total. The van der Waals surface area contributed by atoms with Crippen molar-refractivity contribution in [3.05, 3.63) is 52.5 Å². The molecular weight excluding hydrogens is 386 g/mol. The van der Waals surface area contributed by atoms with Crippen LogP contribution in [-0.2, 0) is 4.79 Å². The highest BCUT2D eigenvalue weighted by Gasteiger charge is 2.16. The zero-order chi connectivity index (χ0) is 19.9. The van der Waals surface area contributed by atoms with Gasteiger partial charge < -0.3 is 19.5 Å². The summed E-state index contributed by atoms with van der Waals surface area (Å²) in [7, 11) is 0. The predicted octanol–water partition coefficient (Wildman–Crippen LogP) is 2.35. The maximum absolute atomic E-state index is 12.1. The normalized spacial score (nSPS) is 12.1. The summed E-state index contributed by atoms with van der Waals surface area (Å²) < 4.78 is 15.9. The van der Waals surface area contributed by atoms with Gasteiger partial charge in [0.25, 0.3) is 11.8 Å². The fourth-order valence-corrected chi connectivity index (χ4v) is 2.60. The summed E-state index contributed by atoms with van der Waals surface area (Å²) in [6.45, 7) is 2.23. The number of ether oxygens (including phenoxy) is 3. The van der Waals surface area contributed by atoms with Crippen LogP contribution in [-0.4, -0.2) is 38.0 Å². The van der Waals surface area contributed by atoms with E-state index in [0.29, 0.717) is 40.0 Å². The first-order chi connectivity index (χ1) is 13.6. The summed E-state index contributed by atoms with van der Waals surface area (Å²) in [6, 6.07) is 9.89. The molecule has 0 bridgehead atoms. The van der Waals surface area contributed by atoms with Gasteiger partial charge in [-0.25, -0.2) is 5.43 Å². The molecule has 2 aromatic rings. The molecular formula is C19H18ClN3O5. The van der Waals surface area contributed by atoms with Gasteiger partial charge in [0.2, 0.25) is 6.79 Å². The summed E-state index contributed by atoms with van der Waals surface area (Å²) in [4.78, 5) is 24.0. The average molecular weight is 404 g/mol. The van der Waals surface area contributed by atoms with Crippen molar-refractivity contribution in [3.63, 3.8) is 0 Å². The number of hydrazone groups is 1. The Labute approximate surface area is 166 Å². The van der Waals surface area contributed by atoms with Crippen molar-refractivity contribution >= 4 is 29.6 Å². The monoisotopic (exact) mass is 403 g/mol. The zero-order valence-corrected chi connectivity index (χ0v) is 15.8. The van der Waals surface area contributed by atoms with Crippen LogP contribution >= 0.6 is 11.6 Å². The van der Waals surface area contributed by atoms with Crippen LogP contribution in [0.4, 0.5) is 0 Å². The maximum atomic E-state index is 12.1. The lowest BCUT2D eigenvalue weighted by Gasteiger charge is -2.07. The Hall–Kier alpha value is -3.26. The number of hydrogen-bond acceptors (Lipinski definition) is 6. The second kappa shape index (κ2) is 9.09. The van der Waals surface area contributed by atoms with Crippen LogP contribution in [0.25, 0.3) is 0 Å². The molecule has 2 aromatic carbocycles. The number of fused-ring (bicyclic) bond motifs is 1. The SMILES string of the molecule is CCOc1ccc(Cl)cc1/C=N/NC(=O)CNC(=O)c1ccc2c(c1)OCO2. The van der Waals surface area contributed by atoms with E-state index in [1.165, 1.54) is 6.21 Å². The molecule has 3 rings (SSSR count). The standard InChI is InChI=1S/C19H18ClN3O5/c1-2-26-15-6-4-14(20)7-13(15)9-22-23-18(24)10-21-19(25)12-3-5-16-17(8-12)28-11-27-16/h3-9H,2,10-11H2,1H3,(H,21,25)(H,23,24)/b22-9+. The van der Waals surface area contributed by atoms with Crippen LogP contribution in [0.1, 0.15) is 22.8 Å². The van der Waals surface area contributed by atoms with Gasteiger partial charge in [-0.1, -0.05) is 11.6 Å². The largest absolute Gasteiger partial charge is 0.493 e. The van der Waals surface area contributed by atoms with Gasteiger partial charge in [0, 0.05) is 16.1 Å². The van der Waals surface area contributed by atoms with E-state index in [1.54, 1.807) is 36.4 Å². The second-order valence-corrected chi connectivity index (χ2v) is 6.10. The minimum absolute atomic E-state index is 0.123. The number of carbonyl (C=O) groups is 2. The fraction of sp³-hybridized carbons (Fsp3) is 0.211. The Bertz CT molecular complexity index is 916. The smallest absolute Gasteiger partial charge is 0.259 e. The van der Waals surface area contributed by atoms with E-state index < -0.39 is 11.8 Å². The van der Waals surface area contributed by atoms with E-state index in [9.17, 15) is 9.59 Å². The average Bonchev–Trinajstić information content (AvgIpc) is 3.16. The number of amides is 2. The molecule has 1 aliphatic heterocycles. The minimum atomic E-state index is -0.481. The molecule has 28 heavy (non-hydrogen) atoms. The third-order valence-electron chi connectivity index (χ3n) is 3.71. The van der Waals surface area contributed by atoms with E-state index in [-0.39, 0.29) is 13.3 Å². The van der Waals surface area contributed by atoms with Crippen molar-refractivity contribution in [1.82, 2.24) is 10.7 Å². The molecule has 0 aromatic heterocycles. The summed E-state index contributed by atoms with van der Waals surface area (Å²) in [6.07, 6.45) is 1.43. The van der Waals surface area contributed by atoms with Crippen LogP contribution in [0.5, 0.6) is 17.2 Å². The molecule has 146 valence electrons. The van der Waals surface area contributed by atoms with E-state index in [2.05, 4.69) is 15.8 Å². The lowest BCUT2D eigenvalue weighted by atomic mass is 10.2. The number of carbonyl (C=O) groups excluding carboxylic acids is 2. The van der Waals surface area contributed by atoms with Gasteiger partial charge in [0.05, 0.1) is 19.4 Å². The van der Waals surface area contributed by atoms with E-state index in [0.717, 1.165) is 0 Å². The quantitative estimate of drug-likeness (QED) is 0.546. The van der Waals surface area contributed by atoms with Crippen molar-refractivity contribution in [2.75, 3.05) is 19.9 Å². The van der Waals surface area contributed by atoms with Crippen molar-refractivity contribution in [2.45, 2.75) is 6.92 Å². The van der Waals surface area contributed by atoms with E-state index in [4.69, 9.17) is 25.8 Å². The van der Waals surface area contributed by atoms with Crippen molar-refractivity contribution in [2.24, 2.45) is 5.10 Å². The Morgan fingerprint density at radius 2 is 2.04 bits per heavy atom. The zero-order valence-electron chi connectivity index (χ0n) is 15.0. The van der Waals surface area contributed by atoms with E-state index in [1.807, 2.05) is 6.92 Å². The Morgan fingerprint density at radius 1 is 1.21 bits per heavy atom. The molecule has 0 unspecified atom stereocenters. The van der Waals surface area contributed by atoms with Crippen LogP contribution < -0.4 is 25.0 Å². The Morgan fingerprint density at radius 3 is 2.86 bits per heavy atom. The van der Waals surface area contributed by atoms with E-state index >= 15 is 0 Å². The molecule has 0 aliphatic carbocycles. The van der Waals surface area contributed by atoms with Gasteiger partial charge >= 0.3 is 0 Å². The van der Waals surface area contributed by atoms with Crippen molar-refractivity contribution < 1.29 is 23.8 Å². The number of hydrogen-bond donors (Lipinski definition) is 2. The first kappa shape index (κ1) is 19.5. The van der Waals surface area contributed by atoms with Crippen LogP contribution in [0, 0.1) is 0 Å². The molecule has 2 amide bonds. The highest BCUT2D eigenvalue weighted by atomic mass is 35.5. The molecule has 0 atom stereocenters. The lowest BCUT2D eigenvalue weighted by Crippen LogP contribution is -2.34. The van der Waals surface area contributed by atoms with Gasteiger partial charge in [0.1, 0.15) is 5.75 Å². The molecule has 1 aliphatic rings. The first-order valence-electron chi connectivity index (χ1n) is 8.49. The van der Waals surface area contributed by atoms with Crippen LogP contribution in [0.15, 0.2) is 41.5 Å². The second-order valence-electron chi connectivity index (χ2n) is 5.66. The number of benzene rings is 2. The highest BCUT2D eigenvalue weighted by molar-refractivity contribution is 6.30. The van der Waals surface area contributed by atoms with Crippen molar-refractivity contribution in [3.8, 4) is 17.2 Å². The topological polar surface area (TPSA) is 98.2 Å². The number of nitrogens with zero attached hydrogens (tertiary/aromatic N) is 1. The first-order valence-corrected chi connectivity index (χ1v) is 8.86. The minimum Gasteiger partial charge on any atom is -0.493 e. The van der Waals surface area contributed by atoms with Gasteiger partial charge in [-0.3, -0.25) is 9.59 Å². The molecule has 0 saturated carbocycles. The lowest BCUT2D eigenvalue weighted by molar-refractivity contribution is -0.120. The number of halogens is 1. The predicted molar refractivity (Wildman–Crippen MR) is 103 cm³/mol. The summed E-state index contributed by atoms with van der Waals surface area (Å²) >= 11 is 5.97. The maximum Gasteiger partial charge on any atom is 0.259 e. The Kier molecular flexibility index (Phi) is 6.33. The third kappa shape index (κ3) is 4.92. The molecule has 0 fully saturated rings. The molecule has 0 spiro atoms. The fourth-order valence-electron chi connectivity index (χ4n) is 2.42. The summed E-state index contributed by atoms with van der Waals surface area (Å²) in [5.74, 6) is 0.779. The molecule has 1 heterocycles. The van der Waals surface area contributed by atoms with Crippen molar-refractivity contribution in [1.29, 1.82) is 0 Å². The highest BCUT2D eigenvalue weighted by Crippen LogP contribution is 2.32. The molecule has 0 saturated heterocycles. The Balaban J connectivity index is 1.51. The third-order valence-corrected chi connectivity index (χ3v) is 3.94. The van der Waals surface area contributed by atoms with Gasteiger partial charge in [-0.2, -0.15) is 5.10 Å². The molecule has 8 nitrogen and oxygen atoms in total. The number of nitrogens with one attached hydrogen (secondary N) is 2. The van der Waals surface area contributed by atoms with Crippen LogP contribution in [0.3, 0.4) is 0 Å². The number of rotatable bonds is 7. The molecule has 9 heteroatoms. The summed E-state index contributed by atoms with van der Waals surface area (Å²) in [5.41, 5.74) is 3.33. The molecule has 0 radical (unpaired) electrons. The van der Waals surface area contributed by atoms with Gasteiger partial charge in [-0.05, 0) is 43.3 Å². The van der Waals surface area contributed by atoms with Crippen LogP contribution in [0.2, 0.25) is 5.02 Å². The summed E-state index contributed by atoms with van der Waals surface area (Å²) in [5, 5.41) is 6.91.